The van der Waals surface area contributed by atoms with Gasteiger partial charge in [0.1, 0.15) is 11.6 Å². The van der Waals surface area contributed by atoms with Gasteiger partial charge in [0.25, 0.3) is 15.9 Å². The van der Waals surface area contributed by atoms with Crippen LogP contribution < -0.4 is 10.5 Å². The molecule has 1 saturated heterocycles. The number of rotatable bonds is 10. The number of halogens is 3. The highest BCUT2D eigenvalue weighted by Gasteiger charge is 2.33. The van der Waals surface area contributed by atoms with Crippen LogP contribution in [0.15, 0.2) is 41.3 Å². The van der Waals surface area contributed by atoms with Crippen molar-refractivity contribution in [2.45, 2.75) is 30.2 Å². The molecule has 1 atom stereocenters. The molecule has 0 bridgehead atoms. The average molecular weight is 518 g/mol. The molecule has 0 radical (unpaired) electrons. The van der Waals surface area contributed by atoms with Gasteiger partial charge in [-0.25, -0.2) is 13.2 Å². The van der Waals surface area contributed by atoms with Crippen LogP contribution in [0.4, 0.5) is 13.2 Å². The molecule has 2 aromatic carbocycles. The number of hydrogen-bond donors (Lipinski definition) is 2. The fraction of sp³-hybridized carbons (Fsp3) is 0.409. The minimum Gasteiger partial charge on any atom is -0.451 e. The summed E-state index contributed by atoms with van der Waals surface area (Å²) >= 11 is 0. The highest BCUT2D eigenvalue weighted by atomic mass is 32.2. The van der Waals surface area contributed by atoms with Gasteiger partial charge in [0.05, 0.1) is 24.2 Å². The molecule has 2 aromatic rings. The molecule has 0 aromatic heterocycles. The molecule has 35 heavy (non-hydrogen) atoms. The van der Waals surface area contributed by atoms with Crippen molar-refractivity contribution in [3.8, 4) is 11.5 Å². The Balaban J connectivity index is 1.62. The maximum atomic E-state index is 14.5. The number of carbonyl (C=O) groups is 1. The lowest BCUT2D eigenvalue weighted by Crippen LogP contribution is -2.45. The summed E-state index contributed by atoms with van der Waals surface area (Å²) in [6, 6.07) is 3.69. The molecule has 3 rings (SSSR count). The molecule has 0 aliphatic carbocycles. The molecule has 1 heterocycles. The number of carbonyl (C=O) groups excluding carboxylic acids is 1. The Morgan fingerprint density at radius 1 is 1.11 bits per heavy atom. The van der Waals surface area contributed by atoms with Gasteiger partial charge in [-0.1, -0.05) is 6.42 Å². The molecule has 1 aliphatic rings. The first kappa shape index (κ1) is 26.9. The lowest BCUT2D eigenvalue weighted by Gasteiger charge is -2.26. The van der Waals surface area contributed by atoms with Crippen molar-refractivity contribution in [2.75, 3.05) is 32.8 Å². The third kappa shape index (κ3) is 6.92. The number of benzene rings is 2. The van der Waals surface area contributed by atoms with E-state index in [-0.39, 0.29) is 12.2 Å². The summed E-state index contributed by atoms with van der Waals surface area (Å²) in [5.41, 5.74) is 5.75. The monoisotopic (exact) mass is 517 g/mol. The maximum Gasteiger partial charge on any atom is 0.289 e. The van der Waals surface area contributed by atoms with Gasteiger partial charge in [-0.2, -0.15) is 8.42 Å². The summed E-state index contributed by atoms with van der Waals surface area (Å²) in [6.45, 7) is 3.66. The van der Waals surface area contributed by atoms with E-state index in [1.54, 1.807) is 0 Å². The number of ether oxygens (including phenoxy) is 2. The van der Waals surface area contributed by atoms with Crippen LogP contribution in [0.25, 0.3) is 0 Å². The first-order valence-electron chi connectivity index (χ1n) is 10.9. The van der Waals surface area contributed by atoms with Crippen LogP contribution in [0, 0.1) is 17.5 Å². The quantitative estimate of drug-likeness (QED) is 0.280. The maximum absolute atomic E-state index is 14.5. The van der Waals surface area contributed by atoms with Gasteiger partial charge in [-0.3, -0.25) is 14.9 Å². The Hall–Kier alpha value is -2.71. The number of nitrogens with two attached hydrogens (primary N) is 1. The van der Waals surface area contributed by atoms with Crippen LogP contribution in [0.3, 0.4) is 0 Å². The van der Waals surface area contributed by atoms with Crippen molar-refractivity contribution in [2.24, 2.45) is 5.73 Å². The van der Waals surface area contributed by atoms with Gasteiger partial charge in [0, 0.05) is 13.1 Å². The van der Waals surface area contributed by atoms with Gasteiger partial charge in [0.15, 0.2) is 17.4 Å². The number of hydroxylamine groups is 1. The summed E-state index contributed by atoms with van der Waals surface area (Å²) in [5.74, 6) is -5.80. The van der Waals surface area contributed by atoms with Crippen LogP contribution in [-0.2, 0) is 19.6 Å². The van der Waals surface area contributed by atoms with Crippen molar-refractivity contribution in [1.29, 1.82) is 0 Å². The molecule has 0 unspecified atom stereocenters. The molecule has 13 heteroatoms. The Bertz CT molecular complexity index is 1100. The molecule has 3 N–H and O–H groups in total. The number of sulfonamides is 1. The normalized spacial score (nSPS) is 15.6. The topological polar surface area (TPSA) is 122 Å². The fourth-order valence-electron chi connectivity index (χ4n) is 3.41. The Labute approximate surface area is 200 Å². The second-order valence-electron chi connectivity index (χ2n) is 7.91. The zero-order valence-electron chi connectivity index (χ0n) is 18.7. The van der Waals surface area contributed by atoms with Crippen LogP contribution in [-0.4, -0.2) is 67.8 Å². The van der Waals surface area contributed by atoms with E-state index in [1.165, 1.54) is 0 Å². The largest absolute Gasteiger partial charge is 0.451 e. The molecule has 0 spiro atoms. The first-order valence-corrected chi connectivity index (χ1v) is 12.3. The second-order valence-corrected chi connectivity index (χ2v) is 9.68. The number of nitrogens with zero attached hydrogens (tertiary/aromatic N) is 2. The van der Waals surface area contributed by atoms with E-state index < -0.39 is 54.5 Å². The van der Waals surface area contributed by atoms with Gasteiger partial charge in [-0.15, -0.1) is 4.47 Å². The predicted octanol–water partition coefficient (Wildman–Crippen LogP) is 2.63. The molecule has 1 fully saturated rings. The summed E-state index contributed by atoms with van der Waals surface area (Å²) in [7, 11) is -5.02. The molecule has 1 aliphatic heterocycles. The molecular weight excluding hydrogens is 491 g/mol. The van der Waals surface area contributed by atoms with Gasteiger partial charge in [-0.05, 0) is 55.8 Å². The standard InChI is InChI=1S/C22H26F3N3O6S/c23-15-4-6-16(7-5-15)34-21-18(24)13-17(14-19(21)25)35(31,32)28(30)22(29)20(26)3-1-2-8-27-9-11-33-12-10-27/h4-7,13-14,20,30H,1-3,8-12,26H2/t20-/m1/s1. The van der Waals surface area contributed by atoms with Crippen LogP contribution in [0.2, 0.25) is 0 Å². The third-order valence-corrected chi connectivity index (χ3v) is 6.85. The van der Waals surface area contributed by atoms with E-state index in [0.29, 0.717) is 38.2 Å². The van der Waals surface area contributed by atoms with Crippen molar-refractivity contribution in [3.05, 3.63) is 53.8 Å². The first-order chi connectivity index (χ1) is 16.6. The lowest BCUT2D eigenvalue weighted by molar-refractivity contribution is -0.147. The molecule has 1 amide bonds. The van der Waals surface area contributed by atoms with E-state index in [4.69, 9.17) is 15.2 Å². The van der Waals surface area contributed by atoms with E-state index >= 15 is 0 Å². The predicted molar refractivity (Wildman–Crippen MR) is 118 cm³/mol. The van der Waals surface area contributed by atoms with Crippen molar-refractivity contribution in [1.82, 2.24) is 9.37 Å². The smallest absolute Gasteiger partial charge is 0.289 e. The number of amides is 1. The molecule has 0 saturated carbocycles. The fourth-order valence-corrected chi connectivity index (χ4v) is 4.49. The van der Waals surface area contributed by atoms with Gasteiger partial charge in [0.2, 0.25) is 0 Å². The van der Waals surface area contributed by atoms with E-state index in [9.17, 15) is 31.6 Å². The van der Waals surface area contributed by atoms with E-state index in [1.807, 2.05) is 0 Å². The Kier molecular flexibility index (Phi) is 9.08. The summed E-state index contributed by atoms with van der Waals surface area (Å²) in [4.78, 5) is 13.5. The Morgan fingerprint density at radius 3 is 2.31 bits per heavy atom. The van der Waals surface area contributed by atoms with E-state index in [2.05, 4.69) is 4.90 Å². The highest BCUT2D eigenvalue weighted by molar-refractivity contribution is 7.89. The van der Waals surface area contributed by atoms with Crippen LogP contribution >= 0.6 is 0 Å². The summed E-state index contributed by atoms with van der Waals surface area (Å²) < 4.78 is 76.8. The lowest BCUT2D eigenvalue weighted by atomic mass is 10.1. The van der Waals surface area contributed by atoms with Crippen LogP contribution in [0.1, 0.15) is 19.3 Å². The van der Waals surface area contributed by atoms with E-state index in [0.717, 1.165) is 43.9 Å². The minimum atomic E-state index is -5.02. The molecule has 192 valence electrons. The molecular formula is C22H26F3N3O6S. The number of morpholine rings is 1. The van der Waals surface area contributed by atoms with Gasteiger partial charge < -0.3 is 15.2 Å². The van der Waals surface area contributed by atoms with Gasteiger partial charge >= 0.3 is 0 Å². The zero-order chi connectivity index (χ0) is 25.6. The summed E-state index contributed by atoms with van der Waals surface area (Å²) in [5, 5.41) is 10.0. The highest BCUT2D eigenvalue weighted by Crippen LogP contribution is 2.31. The van der Waals surface area contributed by atoms with Crippen molar-refractivity contribution >= 4 is 15.9 Å². The number of unbranched alkanes of at least 4 members (excludes halogenated alkanes) is 1. The average Bonchev–Trinajstić information content (AvgIpc) is 2.84. The molecule has 9 nitrogen and oxygen atoms in total. The zero-order valence-corrected chi connectivity index (χ0v) is 19.5. The Morgan fingerprint density at radius 2 is 1.71 bits per heavy atom. The SMILES string of the molecule is N[C@H](CCCCN1CCOCC1)C(=O)N(O)S(=O)(=O)c1cc(F)c(Oc2ccc(F)cc2)c(F)c1. The van der Waals surface area contributed by atoms with Crippen molar-refractivity contribution in [3.63, 3.8) is 0 Å². The third-order valence-electron chi connectivity index (χ3n) is 5.38. The second kappa shape index (κ2) is 11.8. The summed E-state index contributed by atoms with van der Waals surface area (Å²) in [6.07, 6.45) is 1.30. The number of hydrogen-bond acceptors (Lipinski definition) is 8. The van der Waals surface area contributed by atoms with Crippen LogP contribution in [0.5, 0.6) is 11.5 Å². The van der Waals surface area contributed by atoms with Crippen molar-refractivity contribution < 1.29 is 41.1 Å². The minimum absolute atomic E-state index is 0.0987.